The van der Waals surface area contributed by atoms with Crippen molar-refractivity contribution in [2.45, 2.75) is 33.2 Å². The van der Waals surface area contributed by atoms with E-state index in [0.29, 0.717) is 29.8 Å². The Morgan fingerprint density at radius 2 is 2.26 bits per heavy atom. The molecule has 0 amide bonds. The number of aryl methyl sites for hydroxylation is 1. The first-order valence-corrected chi connectivity index (χ1v) is 5.95. The predicted molar refractivity (Wildman–Crippen MR) is 65.8 cm³/mol. The van der Waals surface area contributed by atoms with E-state index >= 15 is 0 Å². The number of imidazole rings is 1. The highest BCUT2D eigenvalue weighted by atomic mass is 16.5. The molecule has 2 rings (SSSR count). The lowest BCUT2D eigenvalue weighted by Gasteiger charge is -2.05. The number of carbonyl (C=O) groups excluding carboxylic acids is 1. The molecule has 0 fully saturated rings. The van der Waals surface area contributed by atoms with Crippen LogP contribution in [0.3, 0.4) is 0 Å². The molecule has 0 spiro atoms. The molecule has 0 atom stereocenters. The van der Waals surface area contributed by atoms with Crippen LogP contribution in [0.1, 0.15) is 47.8 Å². The third kappa shape index (κ3) is 2.64. The minimum Gasteiger partial charge on any atom is -0.464 e. The standard InChI is InChI=1S/C12H16N4O3/c1-7(2)11-14-10(19-15-11)6-16-8(3)13-5-9(16)12(17)18-4/h5,7H,6H2,1-4H3. The number of esters is 1. The second-order valence-corrected chi connectivity index (χ2v) is 4.47. The van der Waals surface area contributed by atoms with Gasteiger partial charge in [-0.05, 0) is 6.92 Å². The van der Waals surface area contributed by atoms with Gasteiger partial charge in [0, 0.05) is 5.92 Å². The zero-order chi connectivity index (χ0) is 14.0. The van der Waals surface area contributed by atoms with Gasteiger partial charge in [-0.15, -0.1) is 0 Å². The van der Waals surface area contributed by atoms with E-state index in [1.807, 2.05) is 13.8 Å². The molecule has 0 saturated heterocycles. The van der Waals surface area contributed by atoms with Gasteiger partial charge >= 0.3 is 5.97 Å². The zero-order valence-corrected chi connectivity index (χ0v) is 11.4. The van der Waals surface area contributed by atoms with Crippen LogP contribution in [0.4, 0.5) is 0 Å². The van der Waals surface area contributed by atoms with Crippen molar-refractivity contribution in [2.24, 2.45) is 0 Å². The Balaban J connectivity index is 2.27. The lowest BCUT2D eigenvalue weighted by Crippen LogP contribution is -2.12. The molecule has 7 heteroatoms. The summed E-state index contributed by atoms with van der Waals surface area (Å²) in [6.07, 6.45) is 1.47. The van der Waals surface area contributed by atoms with E-state index in [1.54, 1.807) is 11.5 Å². The molecule has 0 aliphatic heterocycles. The van der Waals surface area contributed by atoms with Gasteiger partial charge in [-0.3, -0.25) is 0 Å². The molecule has 7 nitrogen and oxygen atoms in total. The van der Waals surface area contributed by atoms with Crippen molar-refractivity contribution in [1.29, 1.82) is 0 Å². The van der Waals surface area contributed by atoms with Crippen LogP contribution in [0.25, 0.3) is 0 Å². The highest BCUT2D eigenvalue weighted by molar-refractivity contribution is 5.87. The molecule has 2 aromatic heterocycles. The van der Waals surface area contributed by atoms with E-state index in [0.717, 1.165) is 0 Å². The summed E-state index contributed by atoms with van der Waals surface area (Å²) in [7, 11) is 1.33. The van der Waals surface area contributed by atoms with Crippen molar-refractivity contribution >= 4 is 5.97 Å². The van der Waals surface area contributed by atoms with Crippen LogP contribution in [0.2, 0.25) is 0 Å². The average molecular weight is 264 g/mol. The van der Waals surface area contributed by atoms with Crippen molar-refractivity contribution < 1.29 is 14.1 Å². The van der Waals surface area contributed by atoms with Crippen LogP contribution >= 0.6 is 0 Å². The highest BCUT2D eigenvalue weighted by Crippen LogP contribution is 2.13. The maximum absolute atomic E-state index is 11.6. The first kappa shape index (κ1) is 13.3. The molecular weight excluding hydrogens is 248 g/mol. The van der Waals surface area contributed by atoms with E-state index in [1.165, 1.54) is 13.3 Å². The van der Waals surface area contributed by atoms with Crippen molar-refractivity contribution in [1.82, 2.24) is 19.7 Å². The highest BCUT2D eigenvalue weighted by Gasteiger charge is 2.18. The topological polar surface area (TPSA) is 83.0 Å². The predicted octanol–water partition coefficient (Wildman–Crippen LogP) is 1.53. The molecule has 0 aliphatic rings. The molecule has 2 aromatic rings. The summed E-state index contributed by atoms with van der Waals surface area (Å²) in [4.78, 5) is 20.0. The van der Waals surface area contributed by atoms with E-state index in [4.69, 9.17) is 9.26 Å². The molecule has 0 aliphatic carbocycles. The summed E-state index contributed by atoms with van der Waals surface area (Å²) in [6.45, 7) is 6.07. The minimum absolute atomic E-state index is 0.196. The van der Waals surface area contributed by atoms with E-state index in [-0.39, 0.29) is 5.92 Å². The van der Waals surface area contributed by atoms with Gasteiger partial charge < -0.3 is 13.8 Å². The molecule has 0 saturated carbocycles. The van der Waals surface area contributed by atoms with Gasteiger partial charge in [0.2, 0.25) is 5.89 Å². The summed E-state index contributed by atoms with van der Waals surface area (Å²) in [5, 5.41) is 3.88. The Bertz CT molecular complexity index is 586. The Morgan fingerprint density at radius 3 is 2.84 bits per heavy atom. The van der Waals surface area contributed by atoms with Crippen molar-refractivity contribution in [2.75, 3.05) is 7.11 Å². The number of nitrogens with zero attached hydrogens (tertiary/aromatic N) is 4. The van der Waals surface area contributed by atoms with Gasteiger partial charge in [0.05, 0.1) is 13.3 Å². The fraction of sp³-hybridized carbons (Fsp3) is 0.500. The average Bonchev–Trinajstić information content (AvgIpc) is 2.98. The van der Waals surface area contributed by atoms with Gasteiger partial charge in [-0.25, -0.2) is 9.78 Å². The molecule has 102 valence electrons. The monoisotopic (exact) mass is 264 g/mol. The normalized spacial score (nSPS) is 11.0. The first-order chi connectivity index (χ1) is 9.02. The second kappa shape index (κ2) is 5.21. The number of ether oxygens (including phenoxy) is 1. The van der Waals surface area contributed by atoms with Gasteiger partial charge in [0.25, 0.3) is 0 Å². The Kier molecular flexibility index (Phi) is 3.64. The Labute approximate surface area is 110 Å². The third-order valence-electron chi connectivity index (χ3n) is 2.74. The van der Waals surface area contributed by atoms with Crippen molar-refractivity contribution in [3.05, 3.63) is 29.4 Å². The SMILES string of the molecule is COC(=O)c1cnc(C)n1Cc1nc(C(C)C)no1. The summed E-state index contributed by atoms with van der Waals surface area (Å²) in [5.41, 5.74) is 0.365. The van der Waals surface area contributed by atoms with Crippen LogP contribution in [0.5, 0.6) is 0 Å². The molecular formula is C12H16N4O3. The first-order valence-electron chi connectivity index (χ1n) is 5.95. The van der Waals surface area contributed by atoms with Crippen LogP contribution in [-0.2, 0) is 11.3 Å². The lowest BCUT2D eigenvalue weighted by molar-refractivity contribution is 0.0588. The Hall–Kier alpha value is -2.18. The number of rotatable bonds is 4. The van der Waals surface area contributed by atoms with E-state index in [2.05, 4.69) is 15.1 Å². The maximum Gasteiger partial charge on any atom is 0.356 e. The smallest absolute Gasteiger partial charge is 0.356 e. The number of methoxy groups -OCH3 is 1. The molecule has 0 bridgehead atoms. The van der Waals surface area contributed by atoms with Crippen LogP contribution < -0.4 is 0 Å². The number of aromatic nitrogens is 4. The summed E-state index contributed by atoms with van der Waals surface area (Å²) < 4.78 is 11.5. The fourth-order valence-electron chi connectivity index (χ4n) is 1.64. The molecule has 2 heterocycles. The van der Waals surface area contributed by atoms with Crippen LogP contribution in [0, 0.1) is 6.92 Å². The molecule has 0 radical (unpaired) electrons. The number of hydrogen-bond donors (Lipinski definition) is 0. The van der Waals surface area contributed by atoms with Gasteiger partial charge in [0.1, 0.15) is 18.1 Å². The lowest BCUT2D eigenvalue weighted by atomic mass is 10.2. The zero-order valence-electron chi connectivity index (χ0n) is 11.4. The van der Waals surface area contributed by atoms with Gasteiger partial charge in [-0.2, -0.15) is 4.98 Å². The summed E-state index contributed by atoms with van der Waals surface area (Å²) in [5.74, 6) is 1.53. The van der Waals surface area contributed by atoms with E-state index in [9.17, 15) is 4.79 Å². The maximum atomic E-state index is 11.6. The molecule has 0 unspecified atom stereocenters. The van der Waals surface area contributed by atoms with Gasteiger partial charge in [0.15, 0.2) is 5.82 Å². The molecule has 0 aromatic carbocycles. The summed E-state index contributed by atoms with van der Waals surface area (Å²) in [6, 6.07) is 0. The van der Waals surface area contributed by atoms with E-state index < -0.39 is 5.97 Å². The molecule has 0 N–H and O–H groups in total. The quantitative estimate of drug-likeness (QED) is 0.779. The largest absolute Gasteiger partial charge is 0.464 e. The van der Waals surface area contributed by atoms with Crippen molar-refractivity contribution in [3.8, 4) is 0 Å². The number of hydrogen-bond acceptors (Lipinski definition) is 6. The third-order valence-corrected chi connectivity index (χ3v) is 2.74. The summed E-state index contributed by atoms with van der Waals surface area (Å²) >= 11 is 0. The van der Waals surface area contributed by atoms with Gasteiger partial charge in [-0.1, -0.05) is 19.0 Å². The van der Waals surface area contributed by atoms with Crippen LogP contribution in [0.15, 0.2) is 10.7 Å². The molecule has 19 heavy (non-hydrogen) atoms. The van der Waals surface area contributed by atoms with Crippen molar-refractivity contribution in [3.63, 3.8) is 0 Å². The number of carbonyl (C=O) groups is 1. The Morgan fingerprint density at radius 1 is 1.53 bits per heavy atom. The fourth-order valence-corrected chi connectivity index (χ4v) is 1.64. The second-order valence-electron chi connectivity index (χ2n) is 4.47. The minimum atomic E-state index is -0.441. The van der Waals surface area contributed by atoms with Crippen LogP contribution in [-0.4, -0.2) is 32.8 Å².